The number of nitrogens with zero attached hydrogens (tertiary/aromatic N) is 1. The SMILES string of the molecule is CCN(CCOC)CC(C)(C)C1CCCNC1. The van der Waals surface area contributed by atoms with Crippen LogP contribution < -0.4 is 5.32 Å². The van der Waals surface area contributed by atoms with Crippen LogP contribution in [0.3, 0.4) is 0 Å². The molecule has 102 valence electrons. The monoisotopic (exact) mass is 242 g/mol. The molecule has 17 heavy (non-hydrogen) atoms. The molecule has 0 aromatic rings. The van der Waals surface area contributed by atoms with Crippen molar-refractivity contribution in [3.05, 3.63) is 0 Å². The number of ether oxygens (including phenoxy) is 1. The first-order chi connectivity index (χ1) is 8.10. The number of piperidine rings is 1. The van der Waals surface area contributed by atoms with Gasteiger partial charge in [-0.05, 0) is 43.8 Å². The smallest absolute Gasteiger partial charge is 0.0589 e. The van der Waals surface area contributed by atoms with Crippen LogP contribution in [-0.2, 0) is 4.74 Å². The van der Waals surface area contributed by atoms with Crippen LogP contribution in [0.5, 0.6) is 0 Å². The van der Waals surface area contributed by atoms with E-state index in [1.54, 1.807) is 7.11 Å². The van der Waals surface area contributed by atoms with Crippen molar-refractivity contribution in [2.45, 2.75) is 33.6 Å². The Kier molecular flexibility index (Phi) is 6.45. The van der Waals surface area contributed by atoms with Gasteiger partial charge >= 0.3 is 0 Å². The number of hydrogen-bond donors (Lipinski definition) is 1. The van der Waals surface area contributed by atoms with E-state index in [1.807, 2.05) is 0 Å². The summed E-state index contributed by atoms with van der Waals surface area (Å²) in [6.07, 6.45) is 2.71. The second kappa shape index (κ2) is 7.34. The second-order valence-corrected chi connectivity index (χ2v) is 5.89. The predicted molar refractivity (Wildman–Crippen MR) is 73.4 cm³/mol. The molecule has 1 aliphatic rings. The van der Waals surface area contributed by atoms with E-state index in [9.17, 15) is 0 Å². The lowest BCUT2D eigenvalue weighted by molar-refractivity contribution is 0.0814. The van der Waals surface area contributed by atoms with Crippen LogP contribution in [-0.4, -0.2) is 51.3 Å². The minimum absolute atomic E-state index is 0.400. The molecule has 3 heteroatoms. The summed E-state index contributed by atoms with van der Waals surface area (Å²) in [5.74, 6) is 0.813. The highest BCUT2D eigenvalue weighted by Crippen LogP contribution is 2.32. The fourth-order valence-electron chi connectivity index (χ4n) is 2.79. The van der Waals surface area contributed by atoms with Gasteiger partial charge in [0, 0.05) is 20.2 Å². The Labute approximate surface area is 107 Å². The molecule has 0 saturated carbocycles. The first-order valence-electron chi connectivity index (χ1n) is 7.02. The Balaban J connectivity index is 2.44. The third-order valence-electron chi connectivity index (χ3n) is 4.09. The van der Waals surface area contributed by atoms with E-state index < -0.39 is 0 Å². The summed E-state index contributed by atoms with van der Waals surface area (Å²) in [4.78, 5) is 2.51. The normalized spacial score (nSPS) is 22.1. The molecule has 0 bridgehead atoms. The standard InChI is InChI=1S/C14H30N2O/c1-5-16(9-10-17-4)12-14(2,3)13-7-6-8-15-11-13/h13,15H,5-12H2,1-4H3. The molecule has 0 radical (unpaired) electrons. The van der Waals surface area contributed by atoms with Gasteiger partial charge in [-0.1, -0.05) is 20.8 Å². The number of likely N-dealkylation sites (N-methyl/N-ethyl adjacent to an activating group) is 1. The predicted octanol–water partition coefficient (Wildman–Crippen LogP) is 1.98. The molecule has 1 aliphatic heterocycles. The van der Waals surface area contributed by atoms with Crippen molar-refractivity contribution in [2.75, 3.05) is 46.4 Å². The van der Waals surface area contributed by atoms with E-state index in [1.165, 1.54) is 32.5 Å². The molecule has 1 atom stereocenters. The molecule has 1 saturated heterocycles. The quantitative estimate of drug-likeness (QED) is 0.739. The molecule has 1 fully saturated rings. The zero-order valence-corrected chi connectivity index (χ0v) is 12.1. The summed E-state index contributed by atoms with van der Waals surface area (Å²) in [6.45, 7) is 13.7. The third kappa shape index (κ3) is 4.94. The highest BCUT2D eigenvalue weighted by Gasteiger charge is 2.31. The summed E-state index contributed by atoms with van der Waals surface area (Å²) < 4.78 is 5.18. The van der Waals surface area contributed by atoms with Gasteiger partial charge in [-0.25, -0.2) is 0 Å². The molecular weight excluding hydrogens is 212 g/mol. The third-order valence-corrected chi connectivity index (χ3v) is 4.09. The van der Waals surface area contributed by atoms with Gasteiger partial charge in [0.1, 0.15) is 0 Å². The average molecular weight is 242 g/mol. The van der Waals surface area contributed by atoms with Gasteiger partial charge in [-0.3, -0.25) is 0 Å². The molecule has 1 N–H and O–H groups in total. The molecule has 1 heterocycles. The van der Waals surface area contributed by atoms with Crippen molar-refractivity contribution in [1.82, 2.24) is 10.2 Å². The van der Waals surface area contributed by atoms with E-state index in [0.717, 1.165) is 25.6 Å². The van der Waals surface area contributed by atoms with Crippen LogP contribution in [0, 0.1) is 11.3 Å². The topological polar surface area (TPSA) is 24.5 Å². The fourth-order valence-corrected chi connectivity index (χ4v) is 2.79. The molecule has 0 amide bonds. The van der Waals surface area contributed by atoms with E-state index in [4.69, 9.17) is 4.74 Å². The Morgan fingerprint density at radius 1 is 1.41 bits per heavy atom. The Morgan fingerprint density at radius 2 is 2.18 bits per heavy atom. The van der Waals surface area contributed by atoms with Crippen LogP contribution in [0.15, 0.2) is 0 Å². The number of hydrogen-bond acceptors (Lipinski definition) is 3. The van der Waals surface area contributed by atoms with Crippen LogP contribution in [0.2, 0.25) is 0 Å². The van der Waals surface area contributed by atoms with Crippen LogP contribution >= 0.6 is 0 Å². The van der Waals surface area contributed by atoms with Crippen molar-refractivity contribution < 1.29 is 4.74 Å². The Morgan fingerprint density at radius 3 is 2.71 bits per heavy atom. The van der Waals surface area contributed by atoms with Gasteiger partial charge in [0.05, 0.1) is 6.61 Å². The summed E-state index contributed by atoms with van der Waals surface area (Å²) in [7, 11) is 1.78. The van der Waals surface area contributed by atoms with Gasteiger partial charge in [-0.15, -0.1) is 0 Å². The number of nitrogens with one attached hydrogen (secondary N) is 1. The van der Waals surface area contributed by atoms with Crippen LogP contribution in [0.1, 0.15) is 33.6 Å². The van der Waals surface area contributed by atoms with Crippen molar-refractivity contribution >= 4 is 0 Å². The van der Waals surface area contributed by atoms with Crippen LogP contribution in [0.25, 0.3) is 0 Å². The number of rotatable bonds is 7. The molecule has 1 rings (SSSR count). The second-order valence-electron chi connectivity index (χ2n) is 5.89. The number of methoxy groups -OCH3 is 1. The highest BCUT2D eigenvalue weighted by atomic mass is 16.5. The maximum Gasteiger partial charge on any atom is 0.0589 e. The first kappa shape index (κ1) is 14.9. The van der Waals surface area contributed by atoms with Crippen molar-refractivity contribution in [2.24, 2.45) is 11.3 Å². The maximum absolute atomic E-state index is 5.18. The lowest BCUT2D eigenvalue weighted by atomic mass is 9.74. The minimum Gasteiger partial charge on any atom is -0.383 e. The lowest BCUT2D eigenvalue weighted by Gasteiger charge is -2.40. The van der Waals surface area contributed by atoms with Gasteiger partial charge in [0.2, 0.25) is 0 Å². The van der Waals surface area contributed by atoms with Crippen molar-refractivity contribution in [3.8, 4) is 0 Å². The van der Waals surface area contributed by atoms with E-state index in [-0.39, 0.29) is 0 Å². The summed E-state index contributed by atoms with van der Waals surface area (Å²) in [5, 5.41) is 3.53. The van der Waals surface area contributed by atoms with Crippen molar-refractivity contribution in [3.63, 3.8) is 0 Å². The fraction of sp³-hybridized carbons (Fsp3) is 1.00. The summed E-state index contributed by atoms with van der Waals surface area (Å²) in [5.41, 5.74) is 0.400. The Hall–Kier alpha value is -0.120. The van der Waals surface area contributed by atoms with Gasteiger partial charge < -0.3 is 15.0 Å². The van der Waals surface area contributed by atoms with Gasteiger partial charge in [0.25, 0.3) is 0 Å². The van der Waals surface area contributed by atoms with E-state index in [0.29, 0.717) is 5.41 Å². The largest absolute Gasteiger partial charge is 0.383 e. The molecule has 0 aromatic carbocycles. The zero-order chi connectivity index (χ0) is 12.7. The Bertz CT molecular complexity index is 200. The lowest BCUT2D eigenvalue weighted by Crippen LogP contribution is -2.45. The summed E-state index contributed by atoms with van der Waals surface area (Å²) in [6, 6.07) is 0. The van der Waals surface area contributed by atoms with Gasteiger partial charge in [0.15, 0.2) is 0 Å². The average Bonchev–Trinajstić information content (AvgIpc) is 2.35. The molecule has 0 aromatic heterocycles. The van der Waals surface area contributed by atoms with Crippen molar-refractivity contribution in [1.29, 1.82) is 0 Å². The van der Waals surface area contributed by atoms with Crippen LogP contribution in [0.4, 0.5) is 0 Å². The van der Waals surface area contributed by atoms with E-state index in [2.05, 4.69) is 31.0 Å². The molecule has 0 spiro atoms. The maximum atomic E-state index is 5.18. The summed E-state index contributed by atoms with van der Waals surface area (Å²) >= 11 is 0. The van der Waals surface area contributed by atoms with E-state index >= 15 is 0 Å². The molecule has 3 nitrogen and oxygen atoms in total. The molecular formula is C14H30N2O. The zero-order valence-electron chi connectivity index (χ0n) is 12.1. The first-order valence-corrected chi connectivity index (χ1v) is 7.02. The molecule has 1 unspecified atom stereocenters. The van der Waals surface area contributed by atoms with Gasteiger partial charge in [-0.2, -0.15) is 0 Å². The minimum atomic E-state index is 0.400. The highest BCUT2D eigenvalue weighted by molar-refractivity contribution is 4.85. The molecule has 0 aliphatic carbocycles.